The lowest BCUT2D eigenvalue weighted by atomic mass is 9.89. The Balaban J connectivity index is 1.32. The van der Waals surface area contributed by atoms with Crippen molar-refractivity contribution in [2.45, 2.75) is 18.8 Å². The van der Waals surface area contributed by atoms with Crippen LogP contribution in [0.15, 0.2) is 36.4 Å². The van der Waals surface area contributed by atoms with E-state index < -0.39 is 0 Å². The monoisotopic (exact) mass is 383 g/mol. The van der Waals surface area contributed by atoms with Gasteiger partial charge in [-0.15, -0.1) is 0 Å². The van der Waals surface area contributed by atoms with Gasteiger partial charge in [0.05, 0.1) is 13.7 Å². The Hall–Kier alpha value is -2.60. The molecular weight excluding hydrogens is 354 g/mol. The van der Waals surface area contributed by atoms with Crippen LogP contribution in [-0.4, -0.2) is 56.4 Å². The fourth-order valence-corrected chi connectivity index (χ4v) is 4.21. The largest absolute Gasteiger partial charge is 0.504 e. The molecule has 150 valence electrons. The van der Waals surface area contributed by atoms with Crippen LogP contribution in [0, 0.1) is 0 Å². The Morgan fingerprint density at radius 2 is 1.96 bits per heavy atom. The molecule has 2 aliphatic rings. The molecule has 2 aromatic rings. The maximum absolute atomic E-state index is 9.79. The quantitative estimate of drug-likeness (QED) is 0.774. The molecule has 1 unspecified atom stereocenters. The van der Waals surface area contributed by atoms with Gasteiger partial charge in [-0.1, -0.05) is 0 Å². The van der Waals surface area contributed by atoms with Crippen LogP contribution in [0.4, 0.5) is 11.4 Å². The van der Waals surface area contributed by atoms with E-state index in [-0.39, 0.29) is 5.75 Å². The van der Waals surface area contributed by atoms with Gasteiger partial charge in [0, 0.05) is 43.6 Å². The molecular formula is C22H29N3O3. The number of nitrogens with two attached hydrogens (primary N) is 1. The summed E-state index contributed by atoms with van der Waals surface area (Å²) in [5.74, 6) is 2.22. The lowest BCUT2D eigenvalue weighted by Gasteiger charge is -2.37. The standard InChI is InChI=1S/C22H29N3O3/c1-27-22-15-18(3-4-20(22)26)25-11-9-24(10-12-25)8-6-16-7-13-28-21-5-2-17(23)14-19(16)21/h2-5,14-16,26H,6-13,23H2,1H3. The van der Waals surface area contributed by atoms with E-state index in [1.165, 1.54) is 5.56 Å². The number of phenolic OH excluding ortho intramolecular Hbond substituents is 1. The number of piperazine rings is 1. The molecule has 28 heavy (non-hydrogen) atoms. The number of anilines is 2. The van der Waals surface area contributed by atoms with Crippen molar-refractivity contribution >= 4 is 11.4 Å². The van der Waals surface area contributed by atoms with Gasteiger partial charge in [0.1, 0.15) is 5.75 Å². The molecule has 0 bridgehead atoms. The first kappa shape index (κ1) is 18.7. The van der Waals surface area contributed by atoms with Crippen LogP contribution < -0.4 is 20.1 Å². The van der Waals surface area contributed by atoms with Crippen LogP contribution in [0.2, 0.25) is 0 Å². The minimum Gasteiger partial charge on any atom is -0.504 e. The van der Waals surface area contributed by atoms with Gasteiger partial charge in [-0.3, -0.25) is 4.90 Å². The van der Waals surface area contributed by atoms with Crippen LogP contribution in [-0.2, 0) is 0 Å². The number of ether oxygens (including phenoxy) is 2. The first-order valence-corrected chi connectivity index (χ1v) is 10.0. The SMILES string of the molecule is COc1cc(N2CCN(CCC3CCOc4ccc(N)cc43)CC2)ccc1O. The highest BCUT2D eigenvalue weighted by Crippen LogP contribution is 2.37. The first-order valence-electron chi connectivity index (χ1n) is 10.0. The van der Waals surface area contributed by atoms with E-state index in [0.717, 1.165) is 69.3 Å². The summed E-state index contributed by atoms with van der Waals surface area (Å²) in [5.41, 5.74) is 9.16. The number of aromatic hydroxyl groups is 1. The zero-order chi connectivity index (χ0) is 19.5. The lowest BCUT2D eigenvalue weighted by molar-refractivity contribution is 0.223. The van der Waals surface area contributed by atoms with E-state index >= 15 is 0 Å². The average molecular weight is 383 g/mol. The van der Waals surface area contributed by atoms with Crippen molar-refractivity contribution in [1.29, 1.82) is 0 Å². The van der Waals surface area contributed by atoms with Crippen molar-refractivity contribution in [3.05, 3.63) is 42.0 Å². The average Bonchev–Trinajstić information content (AvgIpc) is 2.73. The number of fused-ring (bicyclic) bond motifs is 1. The third kappa shape index (κ3) is 3.97. The molecule has 0 aliphatic carbocycles. The second-order valence-electron chi connectivity index (χ2n) is 7.60. The van der Waals surface area contributed by atoms with Crippen molar-refractivity contribution < 1.29 is 14.6 Å². The molecule has 0 aromatic heterocycles. The van der Waals surface area contributed by atoms with Gasteiger partial charge >= 0.3 is 0 Å². The maximum Gasteiger partial charge on any atom is 0.162 e. The Labute approximate surface area is 166 Å². The molecule has 6 nitrogen and oxygen atoms in total. The highest BCUT2D eigenvalue weighted by molar-refractivity contribution is 5.56. The fraction of sp³-hybridized carbons (Fsp3) is 0.455. The lowest BCUT2D eigenvalue weighted by Crippen LogP contribution is -2.46. The topological polar surface area (TPSA) is 71.2 Å². The van der Waals surface area contributed by atoms with E-state index in [2.05, 4.69) is 15.9 Å². The summed E-state index contributed by atoms with van der Waals surface area (Å²) in [4.78, 5) is 4.89. The molecule has 2 heterocycles. The number of hydrogen-bond donors (Lipinski definition) is 2. The molecule has 2 aliphatic heterocycles. The molecule has 0 amide bonds. The molecule has 2 aromatic carbocycles. The summed E-state index contributed by atoms with van der Waals surface area (Å²) in [6.07, 6.45) is 2.19. The second-order valence-corrected chi connectivity index (χ2v) is 7.60. The van der Waals surface area contributed by atoms with Gasteiger partial charge in [-0.25, -0.2) is 0 Å². The second kappa shape index (κ2) is 8.19. The van der Waals surface area contributed by atoms with Gasteiger partial charge in [0.25, 0.3) is 0 Å². The number of rotatable bonds is 5. The van der Waals surface area contributed by atoms with Gasteiger partial charge in [0.2, 0.25) is 0 Å². The van der Waals surface area contributed by atoms with Crippen LogP contribution >= 0.6 is 0 Å². The fourth-order valence-electron chi connectivity index (χ4n) is 4.21. The zero-order valence-electron chi connectivity index (χ0n) is 16.4. The minimum atomic E-state index is 0.183. The summed E-state index contributed by atoms with van der Waals surface area (Å²) in [7, 11) is 1.58. The number of benzene rings is 2. The van der Waals surface area contributed by atoms with Crippen molar-refractivity contribution in [3.63, 3.8) is 0 Å². The number of methoxy groups -OCH3 is 1. The Morgan fingerprint density at radius 1 is 1.14 bits per heavy atom. The van der Waals surface area contributed by atoms with Crippen LogP contribution in [0.25, 0.3) is 0 Å². The Bertz CT molecular complexity index is 819. The number of nitrogens with zero attached hydrogens (tertiary/aromatic N) is 2. The normalized spacial score (nSPS) is 19.8. The summed E-state index contributed by atoms with van der Waals surface area (Å²) in [6, 6.07) is 11.6. The smallest absolute Gasteiger partial charge is 0.162 e. The summed E-state index contributed by atoms with van der Waals surface area (Å²) < 4.78 is 11.0. The van der Waals surface area contributed by atoms with Gasteiger partial charge in [-0.05, 0) is 61.2 Å². The minimum absolute atomic E-state index is 0.183. The van der Waals surface area contributed by atoms with E-state index in [4.69, 9.17) is 15.2 Å². The van der Waals surface area contributed by atoms with E-state index in [1.54, 1.807) is 13.2 Å². The molecule has 3 N–H and O–H groups in total. The molecule has 1 saturated heterocycles. The van der Waals surface area contributed by atoms with Gasteiger partial charge < -0.3 is 25.2 Å². The number of phenols is 1. The van der Waals surface area contributed by atoms with Crippen LogP contribution in [0.5, 0.6) is 17.2 Å². The summed E-state index contributed by atoms with van der Waals surface area (Å²) in [5, 5.41) is 9.79. The van der Waals surface area contributed by atoms with Crippen molar-refractivity contribution in [1.82, 2.24) is 4.90 Å². The molecule has 6 heteroatoms. The highest BCUT2D eigenvalue weighted by atomic mass is 16.5. The van der Waals surface area contributed by atoms with E-state index in [0.29, 0.717) is 11.7 Å². The molecule has 4 rings (SSSR count). The van der Waals surface area contributed by atoms with Crippen molar-refractivity contribution in [2.24, 2.45) is 0 Å². The van der Waals surface area contributed by atoms with Gasteiger partial charge in [0.15, 0.2) is 11.5 Å². The number of nitrogen functional groups attached to an aromatic ring is 1. The molecule has 0 spiro atoms. The Morgan fingerprint density at radius 3 is 2.75 bits per heavy atom. The molecule has 1 atom stereocenters. The van der Waals surface area contributed by atoms with E-state index in [1.807, 2.05) is 24.3 Å². The van der Waals surface area contributed by atoms with Crippen molar-refractivity contribution in [2.75, 3.05) is 57.1 Å². The predicted molar refractivity (Wildman–Crippen MR) is 112 cm³/mol. The zero-order valence-corrected chi connectivity index (χ0v) is 16.4. The van der Waals surface area contributed by atoms with E-state index in [9.17, 15) is 5.11 Å². The molecule has 1 fully saturated rings. The molecule has 0 radical (unpaired) electrons. The molecule has 0 saturated carbocycles. The Kier molecular flexibility index (Phi) is 5.48. The summed E-state index contributed by atoms with van der Waals surface area (Å²) >= 11 is 0. The maximum atomic E-state index is 9.79. The number of hydrogen-bond acceptors (Lipinski definition) is 6. The van der Waals surface area contributed by atoms with Crippen LogP contribution in [0.3, 0.4) is 0 Å². The third-order valence-electron chi connectivity index (χ3n) is 5.89. The van der Waals surface area contributed by atoms with Gasteiger partial charge in [-0.2, -0.15) is 0 Å². The first-order chi connectivity index (χ1) is 13.6. The van der Waals surface area contributed by atoms with Crippen molar-refractivity contribution in [3.8, 4) is 17.2 Å². The third-order valence-corrected chi connectivity index (χ3v) is 5.89. The highest BCUT2D eigenvalue weighted by Gasteiger charge is 2.24. The predicted octanol–water partition coefficient (Wildman–Crippen LogP) is 3.06. The summed E-state index contributed by atoms with van der Waals surface area (Å²) in [6.45, 7) is 5.91. The van der Waals surface area contributed by atoms with Crippen LogP contribution in [0.1, 0.15) is 24.3 Å².